The van der Waals surface area contributed by atoms with Gasteiger partial charge in [-0.3, -0.25) is 9.69 Å². The summed E-state index contributed by atoms with van der Waals surface area (Å²) in [5, 5.41) is 0. The van der Waals surface area contributed by atoms with Gasteiger partial charge in [0.1, 0.15) is 12.5 Å². The van der Waals surface area contributed by atoms with Crippen molar-refractivity contribution in [3.63, 3.8) is 0 Å². The summed E-state index contributed by atoms with van der Waals surface area (Å²) in [6.07, 6.45) is 2.90. The van der Waals surface area contributed by atoms with Crippen molar-refractivity contribution in [2.75, 3.05) is 7.11 Å². The maximum atomic E-state index is 12.6. The van der Waals surface area contributed by atoms with E-state index in [0.29, 0.717) is 19.4 Å². The van der Waals surface area contributed by atoms with Gasteiger partial charge in [0.15, 0.2) is 5.60 Å². The van der Waals surface area contributed by atoms with Crippen LogP contribution in [0.15, 0.2) is 30.3 Å². The summed E-state index contributed by atoms with van der Waals surface area (Å²) in [4.78, 5) is 14.4. The number of hydrogen-bond acceptors (Lipinski definition) is 4. The number of benzene rings is 1. The third kappa shape index (κ3) is 2.16. The Bertz CT molecular complexity index is 555. The summed E-state index contributed by atoms with van der Waals surface area (Å²) < 4.78 is 17.3. The van der Waals surface area contributed by atoms with E-state index < -0.39 is 5.60 Å². The zero-order valence-electron chi connectivity index (χ0n) is 12.7. The van der Waals surface area contributed by atoms with E-state index in [-0.39, 0.29) is 24.5 Å². The van der Waals surface area contributed by atoms with E-state index in [2.05, 4.69) is 0 Å². The normalized spacial score (nSPS) is 36.7. The summed E-state index contributed by atoms with van der Waals surface area (Å²) in [5.41, 5.74) is 0.505. The highest BCUT2D eigenvalue weighted by Gasteiger charge is 2.63. The standard InChI is InChI=1S/C17H21NO4/c1-20-14-7-8-15-18(14)16(19)17(22-15)9-13(10-17)21-11-12-5-3-2-4-6-12/h2-6,13-15H,7-11H2,1H3. The number of fused-ring (bicyclic) bond motifs is 1. The number of rotatable bonds is 4. The fourth-order valence-electron chi connectivity index (χ4n) is 3.76. The minimum atomic E-state index is -0.650. The van der Waals surface area contributed by atoms with Crippen LogP contribution in [-0.2, 0) is 25.6 Å². The molecule has 2 atom stereocenters. The highest BCUT2D eigenvalue weighted by Crippen LogP contribution is 2.48. The van der Waals surface area contributed by atoms with Crippen molar-refractivity contribution in [1.82, 2.24) is 4.90 Å². The van der Waals surface area contributed by atoms with Crippen LogP contribution in [0.4, 0.5) is 0 Å². The summed E-state index contributed by atoms with van der Waals surface area (Å²) in [6.45, 7) is 0.587. The monoisotopic (exact) mass is 303 g/mol. The molecule has 3 aliphatic rings. The predicted octanol–water partition coefficient (Wildman–Crippen LogP) is 2.06. The molecule has 2 saturated heterocycles. The fraction of sp³-hybridized carbons (Fsp3) is 0.588. The van der Waals surface area contributed by atoms with Crippen LogP contribution in [-0.4, -0.2) is 42.1 Å². The summed E-state index contributed by atoms with van der Waals surface area (Å²) in [5.74, 6) is 0.0846. The third-order valence-corrected chi connectivity index (χ3v) is 4.98. The van der Waals surface area contributed by atoms with E-state index >= 15 is 0 Å². The lowest BCUT2D eigenvalue weighted by molar-refractivity contribution is -0.177. The van der Waals surface area contributed by atoms with Crippen molar-refractivity contribution in [2.45, 2.75) is 56.5 Å². The van der Waals surface area contributed by atoms with Crippen LogP contribution >= 0.6 is 0 Å². The Morgan fingerprint density at radius 3 is 2.77 bits per heavy atom. The molecule has 5 heteroatoms. The molecule has 1 aromatic carbocycles. The molecule has 1 saturated carbocycles. The van der Waals surface area contributed by atoms with Gasteiger partial charge in [-0.05, 0) is 18.4 Å². The van der Waals surface area contributed by atoms with Gasteiger partial charge in [0.2, 0.25) is 0 Å². The minimum absolute atomic E-state index is 0.0846. The van der Waals surface area contributed by atoms with Gasteiger partial charge in [-0.15, -0.1) is 0 Å². The largest absolute Gasteiger partial charge is 0.373 e. The van der Waals surface area contributed by atoms with Crippen molar-refractivity contribution < 1.29 is 19.0 Å². The molecule has 0 N–H and O–H groups in total. The van der Waals surface area contributed by atoms with Crippen molar-refractivity contribution >= 4 is 5.91 Å². The number of carbonyl (C=O) groups is 1. The van der Waals surface area contributed by atoms with Gasteiger partial charge in [-0.2, -0.15) is 0 Å². The van der Waals surface area contributed by atoms with E-state index in [1.165, 1.54) is 0 Å². The molecule has 22 heavy (non-hydrogen) atoms. The van der Waals surface area contributed by atoms with Crippen LogP contribution in [0.25, 0.3) is 0 Å². The Morgan fingerprint density at radius 2 is 2.05 bits per heavy atom. The Balaban J connectivity index is 1.34. The quantitative estimate of drug-likeness (QED) is 0.854. The SMILES string of the molecule is COC1CCC2OC3(CC(OCc4ccccc4)C3)C(=O)N12. The smallest absolute Gasteiger partial charge is 0.259 e. The molecular weight excluding hydrogens is 282 g/mol. The Labute approximate surface area is 130 Å². The minimum Gasteiger partial charge on any atom is -0.373 e. The first-order valence-corrected chi connectivity index (χ1v) is 7.91. The van der Waals surface area contributed by atoms with E-state index in [4.69, 9.17) is 14.2 Å². The average Bonchev–Trinajstić information content (AvgIpc) is 3.03. The van der Waals surface area contributed by atoms with Gasteiger partial charge in [0, 0.05) is 20.0 Å². The van der Waals surface area contributed by atoms with Crippen LogP contribution in [0.2, 0.25) is 0 Å². The lowest BCUT2D eigenvalue weighted by Crippen LogP contribution is -2.55. The molecule has 118 valence electrons. The predicted molar refractivity (Wildman–Crippen MR) is 78.7 cm³/mol. The zero-order chi connectivity index (χ0) is 15.2. The highest BCUT2D eigenvalue weighted by molar-refractivity contribution is 5.89. The van der Waals surface area contributed by atoms with E-state index in [0.717, 1.165) is 18.4 Å². The Hall–Kier alpha value is -1.43. The Kier molecular flexibility index (Phi) is 3.44. The first kappa shape index (κ1) is 14.2. The maximum absolute atomic E-state index is 12.6. The molecule has 1 amide bonds. The average molecular weight is 303 g/mol. The molecule has 2 heterocycles. The lowest BCUT2D eigenvalue weighted by Gasteiger charge is -2.42. The summed E-state index contributed by atoms with van der Waals surface area (Å²) in [7, 11) is 1.65. The van der Waals surface area contributed by atoms with Crippen LogP contribution in [0, 0.1) is 0 Å². The molecule has 0 bridgehead atoms. The second-order valence-electron chi connectivity index (χ2n) is 6.37. The molecule has 5 nitrogen and oxygen atoms in total. The molecule has 3 fully saturated rings. The molecule has 0 radical (unpaired) electrons. The van der Waals surface area contributed by atoms with E-state index in [1.54, 1.807) is 12.0 Å². The van der Waals surface area contributed by atoms with Crippen molar-refractivity contribution in [2.24, 2.45) is 0 Å². The van der Waals surface area contributed by atoms with Gasteiger partial charge >= 0.3 is 0 Å². The topological polar surface area (TPSA) is 48.0 Å². The summed E-state index contributed by atoms with van der Waals surface area (Å²) >= 11 is 0. The van der Waals surface area contributed by atoms with Crippen LogP contribution < -0.4 is 0 Å². The van der Waals surface area contributed by atoms with Gasteiger partial charge in [0.25, 0.3) is 5.91 Å². The molecule has 2 aliphatic heterocycles. The Morgan fingerprint density at radius 1 is 1.27 bits per heavy atom. The molecule has 0 aromatic heterocycles. The van der Waals surface area contributed by atoms with Gasteiger partial charge in [-0.1, -0.05) is 30.3 Å². The van der Waals surface area contributed by atoms with Gasteiger partial charge in [-0.25, -0.2) is 0 Å². The number of hydrogen-bond donors (Lipinski definition) is 0. The first-order chi connectivity index (χ1) is 10.7. The van der Waals surface area contributed by atoms with E-state index in [1.807, 2.05) is 30.3 Å². The first-order valence-electron chi connectivity index (χ1n) is 7.91. The van der Waals surface area contributed by atoms with Crippen LogP contribution in [0.3, 0.4) is 0 Å². The molecule has 1 spiro atoms. The number of methoxy groups -OCH3 is 1. The van der Waals surface area contributed by atoms with Gasteiger partial charge in [0.05, 0.1) is 12.7 Å². The molecule has 4 rings (SSSR count). The van der Waals surface area contributed by atoms with Crippen LogP contribution in [0.5, 0.6) is 0 Å². The van der Waals surface area contributed by atoms with E-state index in [9.17, 15) is 4.79 Å². The molecular formula is C17H21NO4. The highest BCUT2D eigenvalue weighted by atomic mass is 16.6. The fourth-order valence-corrected chi connectivity index (χ4v) is 3.76. The number of nitrogens with zero attached hydrogens (tertiary/aromatic N) is 1. The number of carbonyl (C=O) groups excluding carboxylic acids is 1. The van der Waals surface area contributed by atoms with Crippen molar-refractivity contribution in [1.29, 1.82) is 0 Å². The number of amides is 1. The van der Waals surface area contributed by atoms with Gasteiger partial charge < -0.3 is 14.2 Å². The maximum Gasteiger partial charge on any atom is 0.259 e. The van der Waals surface area contributed by atoms with Crippen LogP contribution in [0.1, 0.15) is 31.2 Å². The summed E-state index contributed by atoms with van der Waals surface area (Å²) in [6, 6.07) is 10.1. The van der Waals surface area contributed by atoms with Crippen molar-refractivity contribution in [3.05, 3.63) is 35.9 Å². The van der Waals surface area contributed by atoms with Crippen molar-refractivity contribution in [3.8, 4) is 0 Å². The second-order valence-corrected chi connectivity index (χ2v) is 6.37. The third-order valence-electron chi connectivity index (χ3n) is 4.98. The second kappa shape index (κ2) is 5.33. The zero-order valence-corrected chi connectivity index (χ0v) is 12.7. The molecule has 2 unspecified atom stereocenters. The molecule has 1 aromatic rings. The number of ether oxygens (including phenoxy) is 3. The molecule has 1 aliphatic carbocycles. The lowest BCUT2D eigenvalue weighted by atomic mass is 9.76.